The number of rotatable bonds is 3. The smallest absolute Gasteiger partial charge is 0.254 e. The second-order valence-electron chi connectivity index (χ2n) is 6.67. The van der Waals surface area contributed by atoms with E-state index in [0.29, 0.717) is 24.3 Å². The lowest BCUT2D eigenvalue weighted by Crippen LogP contribution is -2.57. The number of likely N-dealkylation sites (tertiary alicyclic amines) is 1. The Bertz CT molecular complexity index is 836. The first-order valence-electron chi connectivity index (χ1n) is 8.20. The van der Waals surface area contributed by atoms with Gasteiger partial charge in [-0.05, 0) is 25.0 Å². The fourth-order valence-electron chi connectivity index (χ4n) is 3.15. The summed E-state index contributed by atoms with van der Waals surface area (Å²) in [5, 5.41) is 11.1. The van der Waals surface area contributed by atoms with Crippen molar-refractivity contribution in [2.75, 3.05) is 32.1 Å². The van der Waals surface area contributed by atoms with E-state index in [1.54, 1.807) is 6.07 Å². The molecule has 132 valence electrons. The van der Waals surface area contributed by atoms with Gasteiger partial charge in [-0.3, -0.25) is 9.59 Å². The predicted octanol–water partition coefficient (Wildman–Crippen LogP) is 0.753. The van der Waals surface area contributed by atoms with Gasteiger partial charge in [-0.15, -0.1) is 0 Å². The Hall–Kier alpha value is -2.67. The number of para-hydroxylation sites is 1. The molecule has 7 nitrogen and oxygen atoms in total. The van der Waals surface area contributed by atoms with E-state index in [4.69, 9.17) is 5.73 Å². The van der Waals surface area contributed by atoms with E-state index >= 15 is 0 Å². The van der Waals surface area contributed by atoms with Gasteiger partial charge in [0.15, 0.2) is 5.60 Å². The molecule has 0 saturated carbocycles. The fourth-order valence-corrected chi connectivity index (χ4v) is 3.15. The molecule has 1 fully saturated rings. The number of nitrogens with zero attached hydrogens (tertiary/aromatic N) is 3. The SMILES string of the molecule is CN(C)c1cc(C(=O)N2CCC[C@](O)(C(N)=O)C2)c2ccccc2n1. The van der Waals surface area contributed by atoms with E-state index in [1.165, 1.54) is 4.90 Å². The summed E-state index contributed by atoms with van der Waals surface area (Å²) in [7, 11) is 3.72. The number of anilines is 1. The average molecular weight is 342 g/mol. The van der Waals surface area contributed by atoms with Crippen LogP contribution >= 0.6 is 0 Å². The monoisotopic (exact) mass is 342 g/mol. The number of fused-ring (bicyclic) bond motifs is 1. The zero-order chi connectivity index (χ0) is 18.2. The van der Waals surface area contributed by atoms with E-state index in [9.17, 15) is 14.7 Å². The van der Waals surface area contributed by atoms with E-state index in [0.717, 1.165) is 10.9 Å². The van der Waals surface area contributed by atoms with Crippen LogP contribution in [-0.2, 0) is 4.79 Å². The van der Waals surface area contributed by atoms with E-state index in [1.807, 2.05) is 43.3 Å². The molecule has 0 radical (unpaired) electrons. The first kappa shape index (κ1) is 17.2. The van der Waals surface area contributed by atoms with Gasteiger partial charge in [0.25, 0.3) is 11.8 Å². The highest BCUT2D eigenvalue weighted by molar-refractivity contribution is 6.07. The van der Waals surface area contributed by atoms with Crippen molar-refractivity contribution in [1.82, 2.24) is 9.88 Å². The molecule has 2 heterocycles. The maximum absolute atomic E-state index is 13.1. The second kappa shape index (κ2) is 6.33. The molecule has 2 amide bonds. The number of carbonyl (C=O) groups excluding carboxylic acids is 2. The lowest BCUT2D eigenvalue weighted by Gasteiger charge is -2.37. The van der Waals surface area contributed by atoms with Crippen molar-refractivity contribution < 1.29 is 14.7 Å². The molecule has 0 bridgehead atoms. The summed E-state index contributed by atoms with van der Waals surface area (Å²) in [6.07, 6.45) is 0.793. The van der Waals surface area contributed by atoms with Gasteiger partial charge >= 0.3 is 0 Å². The maximum Gasteiger partial charge on any atom is 0.254 e. The molecule has 1 aliphatic rings. The third-order valence-corrected chi connectivity index (χ3v) is 4.61. The molecule has 2 aromatic rings. The highest BCUT2D eigenvalue weighted by atomic mass is 16.3. The molecule has 0 aliphatic carbocycles. The first-order valence-corrected chi connectivity index (χ1v) is 8.20. The van der Waals surface area contributed by atoms with Crippen LogP contribution in [0.4, 0.5) is 5.82 Å². The molecule has 1 aromatic carbocycles. The van der Waals surface area contributed by atoms with Crippen molar-refractivity contribution in [3.63, 3.8) is 0 Å². The van der Waals surface area contributed by atoms with E-state index in [-0.39, 0.29) is 18.9 Å². The van der Waals surface area contributed by atoms with Gasteiger partial charge in [0.1, 0.15) is 5.82 Å². The summed E-state index contributed by atoms with van der Waals surface area (Å²) in [6.45, 7) is 0.386. The fraction of sp³-hybridized carbons (Fsp3) is 0.389. The Balaban J connectivity index is 2.03. The van der Waals surface area contributed by atoms with Crippen molar-refractivity contribution in [3.05, 3.63) is 35.9 Å². The summed E-state index contributed by atoms with van der Waals surface area (Å²) in [5.74, 6) is -0.358. The predicted molar refractivity (Wildman–Crippen MR) is 95.4 cm³/mol. The quantitative estimate of drug-likeness (QED) is 0.857. The number of piperidine rings is 1. The van der Waals surface area contributed by atoms with Crippen LogP contribution in [0.25, 0.3) is 10.9 Å². The molecule has 1 aromatic heterocycles. The van der Waals surface area contributed by atoms with Crippen LogP contribution in [0, 0.1) is 0 Å². The van der Waals surface area contributed by atoms with Gasteiger partial charge in [-0.1, -0.05) is 18.2 Å². The Labute approximate surface area is 146 Å². The summed E-state index contributed by atoms with van der Waals surface area (Å²) >= 11 is 0. The highest BCUT2D eigenvalue weighted by Crippen LogP contribution is 2.27. The molecule has 3 rings (SSSR count). The van der Waals surface area contributed by atoms with E-state index < -0.39 is 11.5 Å². The highest BCUT2D eigenvalue weighted by Gasteiger charge is 2.40. The van der Waals surface area contributed by atoms with Gasteiger partial charge < -0.3 is 20.6 Å². The number of benzene rings is 1. The normalized spacial score (nSPS) is 20.5. The standard InChI is InChI=1S/C18H22N4O3/c1-21(2)15-10-13(12-6-3-4-7-14(12)20-15)16(23)22-9-5-8-18(25,11-22)17(19)24/h3-4,6-7,10,25H,5,8-9,11H2,1-2H3,(H2,19,24)/t18-/m1/s1. The van der Waals surface area contributed by atoms with Crippen molar-refractivity contribution >= 4 is 28.5 Å². The number of amides is 2. The number of nitrogens with two attached hydrogens (primary N) is 1. The lowest BCUT2D eigenvalue weighted by atomic mass is 9.91. The molecule has 7 heteroatoms. The molecule has 3 N–H and O–H groups in total. The number of β-amino-alcohol motifs (C(OH)–C–C–N with tert-alkyl or cyclic N) is 1. The van der Waals surface area contributed by atoms with Crippen LogP contribution < -0.4 is 10.6 Å². The summed E-state index contributed by atoms with van der Waals surface area (Å²) in [4.78, 5) is 32.5. The molecule has 1 saturated heterocycles. The Kier molecular flexibility index (Phi) is 4.34. The van der Waals surface area contributed by atoms with Crippen LogP contribution in [-0.4, -0.2) is 59.6 Å². The van der Waals surface area contributed by atoms with Crippen LogP contribution in [0.2, 0.25) is 0 Å². The van der Waals surface area contributed by atoms with Crippen LogP contribution in [0.5, 0.6) is 0 Å². The zero-order valence-electron chi connectivity index (χ0n) is 14.4. The molecule has 25 heavy (non-hydrogen) atoms. The van der Waals surface area contributed by atoms with Gasteiger partial charge in [0.2, 0.25) is 0 Å². The Morgan fingerprint density at radius 2 is 2.04 bits per heavy atom. The number of hydrogen-bond donors (Lipinski definition) is 2. The minimum Gasteiger partial charge on any atom is -0.378 e. The van der Waals surface area contributed by atoms with Gasteiger partial charge in [-0.25, -0.2) is 4.98 Å². The van der Waals surface area contributed by atoms with Crippen LogP contribution in [0.15, 0.2) is 30.3 Å². The van der Waals surface area contributed by atoms with Crippen molar-refractivity contribution in [2.45, 2.75) is 18.4 Å². The topological polar surface area (TPSA) is 99.8 Å². The molecular weight excluding hydrogens is 320 g/mol. The third-order valence-electron chi connectivity index (χ3n) is 4.61. The molecule has 0 spiro atoms. The minimum atomic E-state index is -1.67. The number of primary amides is 1. The number of pyridine rings is 1. The third kappa shape index (κ3) is 3.15. The Morgan fingerprint density at radius 1 is 1.32 bits per heavy atom. The largest absolute Gasteiger partial charge is 0.378 e. The minimum absolute atomic E-state index is 0.0882. The number of hydrogen-bond acceptors (Lipinski definition) is 5. The lowest BCUT2D eigenvalue weighted by molar-refractivity contribution is -0.140. The Morgan fingerprint density at radius 3 is 2.72 bits per heavy atom. The summed E-state index contributed by atoms with van der Waals surface area (Å²) in [5.41, 5.74) is 4.87. The summed E-state index contributed by atoms with van der Waals surface area (Å²) in [6, 6.07) is 9.17. The molecular formula is C18H22N4O3. The van der Waals surface area contributed by atoms with E-state index in [2.05, 4.69) is 4.98 Å². The maximum atomic E-state index is 13.1. The summed E-state index contributed by atoms with van der Waals surface area (Å²) < 4.78 is 0. The number of carbonyl (C=O) groups is 2. The van der Waals surface area contributed by atoms with Crippen LogP contribution in [0.1, 0.15) is 23.2 Å². The average Bonchev–Trinajstić information content (AvgIpc) is 2.60. The van der Waals surface area contributed by atoms with Crippen molar-refractivity contribution in [2.24, 2.45) is 5.73 Å². The van der Waals surface area contributed by atoms with Crippen LogP contribution in [0.3, 0.4) is 0 Å². The van der Waals surface area contributed by atoms with Crippen molar-refractivity contribution in [1.29, 1.82) is 0 Å². The zero-order valence-corrected chi connectivity index (χ0v) is 14.4. The molecule has 0 unspecified atom stereocenters. The molecule has 1 aliphatic heterocycles. The van der Waals surface area contributed by atoms with Gasteiger partial charge in [0.05, 0.1) is 17.6 Å². The first-order chi connectivity index (χ1) is 11.8. The van der Waals surface area contributed by atoms with Gasteiger partial charge in [-0.2, -0.15) is 0 Å². The van der Waals surface area contributed by atoms with Gasteiger partial charge in [0, 0.05) is 26.0 Å². The van der Waals surface area contributed by atoms with Crippen molar-refractivity contribution in [3.8, 4) is 0 Å². The number of aromatic nitrogens is 1. The number of aliphatic hydroxyl groups is 1. The molecule has 1 atom stereocenters. The second-order valence-corrected chi connectivity index (χ2v) is 6.67.